The van der Waals surface area contributed by atoms with E-state index in [2.05, 4.69) is 25.7 Å². The number of rotatable bonds is 3. The summed E-state index contributed by atoms with van der Waals surface area (Å²) in [5, 5.41) is 9.91. The second kappa shape index (κ2) is 6.15. The van der Waals surface area contributed by atoms with Gasteiger partial charge in [0.2, 0.25) is 5.95 Å². The number of nitrogens with one attached hydrogen (secondary N) is 2. The first-order chi connectivity index (χ1) is 11.8. The molecule has 0 radical (unpaired) electrons. The quantitative estimate of drug-likeness (QED) is 0.771. The predicted octanol–water partition coefficient (Wildman–Crippen LogP) is 2.45. The number of nitrogens with zero attached hydrogens (tertiary/aromatic N) is 4. The van der Waals surface area contributed by atoms with E-state index < -0.39 is 0 Å². The molecule has 0 bridgehead atoms. The number of anilines is 1. The van der Waals surface area contributed by atoms with E-state index in [1.54, 1.807) is 37.1 Å². The summed E-state index contributed by atoms with van der Waals surface area (Å²) < 4.78 is 6.94. The Morgan fingerprint density at radius 1 is 1.33 bits per heavy atom. The lowest BCUT2D eigenvalue weighted by molar-refractivity contribution is 0.246. The molecular weight excluding hydrogens is 308 g/mol. The second-order valence-electron chi connectivity index (χ2n) is 5.56. The summed E-state index contributed by atoms with van der Waals surface area (Å²) in [6, 6.07) is 3.35. The largest absolute Gasteiger partial charge is 0.469 e. The van der Waals surface area contributed by atoms with Crippen LogP contribution in [0.15, 0.2) is 47.6 Å². The Bertz CT molecular complexity index is 841. The van der Waals surface area contributed by atoms with E-state index in [-0.39, 0.29) is 12.1 Å². The van der Waals surface area contributed by atoms with Gasteiger partial charge in [0.1, 0.15) is 5.76 Å². The van der Waals surface area contributed by atoms with E-state index in [1.165, 1.54) is 4.68 Å². The van der Waals surface area contributed by atoms with Gasteiger partial charge in [-0.25, -0.2) is 19.4 Å². The maximum Gasteiger partial charge on any atom is 0.319 e. The SMILES string of the molecule is O=C(Nc1cnn(-c2ncccn2)c1)N[C@@H]1CCCc2occc21. The van der Waals surface area contributed by atoms with Crippen molar-refractivity contribution in [3.05, 3.63) is 54.5 Å². The molecule has 0 saturated heterocycles. The lowest BCUT2D eigenvalue weighted by Gasteiger charge is -2.22. The summed E-state index contributed by atoms with van der Waals surface area (Å²) in [6.45, 7) is 0. The molecule has 0 aliphatic heterocycles. The number of aryl methyl sites for hydroxylation is 1. The van der Waals surface area contributed by atoms with Gasteiger partial charge < -0.3 is 15.1 Å². The van der Waals surface area contributed by atoms with E-state index in [9.17, 15) is 4.79 Å². The molecule has 0 spiro atoms. The lowest BCUT2D eigenvalue weighted by atomic mass is 9.93. The molecule has 1 aliphatic carbocycles. The fourth-order valence-electron chi connectivity index (χ4n) is 2.87. The summed E-state index contributed by atoms with van der Waals surface area (Å²) in [5.41, 5.74) is 1.63. The fraction of sp³-hybridized carbons (Fsp3) is 0.250. The fourth-order valence-corrected chi connectivity index (χ4v) is 2.87. The topological polar surface area (TPSA) is 97.9 Å². The molecule has 8 nitrogen and oxygen atoms in total. The monoisotopic (exact) mass is 324 g/mol. The maximum atomic E-state index is 12.2. The minimum absolute atomic E-state index is 0.0278. The molecule has 2 amide bonds. The molecule has 3 heterocycles. The van der Waals surface area contributed by atoms with E-state index in [1.807, 2.05) is 6.07 Å². The van der Waals surface area contributed by atoms with Gasteiger partial charge in [-0.05, 0) is 25.0 Å². The molecule has 0 unspecified atom stereocenters. The van der Waals surface area contributed by atoms with Crippen molar-refractivity contribution in [2.45, 2.75) is 25.3 Å². The zero-order chi connectivity index (χ0) is 16.4. The number of carbonyl (C=O) groups is 1. The van der Waals surface area contributed by atoms with Gasteiger partial charge in [-0.3, -0.25) is 0 Å². The van der Waals surface area contributed by atoms with Crippen LogP contribution in [0.25, 0.3) is 5.95 Å². The standard InChI is InChI=1S/C16H16N6O2/c23-16(21-13-3-1-4-14-12(13)5-8-24-14)20-11-9-19-22(10-11)15-17-6-2-7-18-15/h2,5-10,13H,1,3-4H2,(H2,20,21,23)/t13-/m1/s1. The summed E-state index contributed by atoms with van der Waals surface area (Å²) >= 11 is 0. The van der Waals surface area contributed by atoms with Crippen molar-refractivity contribution in [1.82, 2.24) is 25.1 Å². The third kappa shape index (κ3) is 2.85. The lowest BCUT2D eigenvalue weighted by Crippen LogP contribution is -2.33. The third-order valence-electron chi connectivity index (χ3n) is 3.95. The van der Waals surface area contributed by atoms with Crippen LogP contribution in [-0.2, 0) is 6.42 Å². The molecular formula is C16H16N6O2. The Labute approximate surface area is 137 Å². The Morgan fingerprint density at radius 3 is 3.08 bits per heavy atom. The van der Waals surface area contributed by atoms with Crippen molar-refractivity contribution in [1.29, 1.82) is 0 Å². The van der Waals surface area contributed by atoms with Crippen molar-refractivity contribution >= 4 is 11.7 Å². The number of amides is 2. The van der Waals surface area contributed by atoms with E-state index >= 15 is 0 Å². The number of aromatic nitrogens is 4. The Balaban J connectivity index is 1.42. The van der Waals surface area contributed by atoms with E-state index in [0.717, 1.165) is 30.6 Å². The molecule has 4 rings (SSSR count). The summed E-state index contributed by atoms with van der Waals surface area (Å²) in [7, 11) is 0. The average molecular weight is 324 g/mol. The zero-order valence-electron chi connectivity index (χ0n) is 12.8. The van der Waals surface area contributed by atoms with Crippen LogP contribution in [-0.4, -0.2) is 25.8 Å². The molecule has 122 valence electrons. The maximum absolute atomic E-state index is 12.2. The van der Waals surface area contributed by atoms with Gasteiger partial charge in [0.15, 0.2) is 0 Å². The predicted molar refractivity (Wildman–Crippen MR) is 85.7 cm³/mol. The number of urea groups is 1. The highest BCUT2D eigenvalue weighted by molar-refractivity contribution is 5.89. The molecule has 1 atom stereocenters. The van der Waals surface area contributed by atoms with Crippen molar-refractivity contribution in [2.24, 2.45) is 0 Å². The van der Waals surface area contributed by atoms with Crippen LogP contribution >= 0.6 is 0 Å². The molecule has 1 aliphatic rings. The highest BCUT2D eigenvalue weighted by Crippen LogP contribution is 2.30. The number of hydrogen-bond donors (Lipinski definition) is 2. The first-order valence-electron chi connectivity index (χ1n) is 7.75. The van der Waals surface area contributed by atoms with Gasteiger partial charge in [-0.1, -0.05) is 0 Å². The van der Waals surface area contributed by atoms with Crippen molar-refractivity contribution in [2.75, 3.05) is 5.32 Å². The summed E-state index contributed by atoms with van der Waals surface area (Å²) in [5.74, 6) is 1.40. The van der Waals surface area contributed by atoms with Gasteiger partial charge in [0.25, 0.3) is 0 Å². The average Bonchev–Trinajstić information content (AvgIpc) is 3.25. The van der Waals surface area contributed by atoms with Crippen molar-refractivity contribution < 1.29 is 9.21 Å². The Kier molecular flexibility index (Phi) is 3.70. The minimum Gasteiger partial charge on any atom is -0.469 e. The zero-order valence-corrected chi connectivity index (χ0v) is 12.8. The van der Waals surface area contributed by atoms with Gasteiger partial charge in [-0.2, -0.15) is 5.10 Å². The number of fused-ring (bicyclic) bond motifs is 1. The smallest absolute Gasteiger partial charge is 0.319 e. The molecule has 0 fully saturated rings. The first kappa shape index (κ1) is 14.4. The number of furan rings is 1. The Morgan fingerprint density at radius 2 is 2.21 bits per heavy atom. The number of carbonyl (C=O) groups excluding carboxylic acids is 1. The highest BCUT2D eigenvalue weighted by Gasteiger charge is 2.24. The molecule has 24 heavy (non-hydrogen) atoms. The summed E-state index contributed by atoms with van der Waals surface area (Å²) in [4.78, 5) is 20.4. The van der Waals surface area contributed by atoms with Gasteiger partial charge in [0, 0.05) is 24.4 Å². The van der Waals surface area contributed by atoms with Crippen molar-refractivity contribution in [3.63, 3.8) is 0 Å². The molecule has 3 aromatic rings. The van der Waals surface area contributed by atoms with Crippen LogP contribution in [0.5, 0.6) is 0 Å². The molecule has 8 heteroatoms. The Hall–Kier alpha value is -3.16. The van der Waals surface area contributed by atoms with Crippen LogP contribution in [0, 0.1) is 0 Å². The van der Waals surface area contributed by atoms with Gasteiger partial charge in [-0.15, -0.1) is 0 Å². The van der Waals surface area contributed by atoms with Gasteiger partial charge >= 0.3 is 6.03 Å². The summed E-state index contributed by atoms with van der Waals surface area (Å²) in [6.07, 6.45) is 11.0. The third-order valence-corrected chi connectivity index (χ3v) is 3.95. The molecule has 2 N–H and O–H groups in total. The molecule has 0 saturated carbocycles. The van der Waals surface area contributed by atoms with Gasteiger partial charge in [0.05, 0.1) is 30.4 Å². The molecule has 3 aromatic heterocycles. The van der Waals surface area contributed by atoms with Crippen LogP contribution in [0.1, 0.15) is 30.2 Å². The normalized spacial score (nSPS) is 16.4. The van der Waals surface area contributed by atoms with Crippen LogP contribution in [0.4, 0.5) is 10.5 Å². The van der Waals surface area contributed by atoms with Crippen LogP contribution in [0.3, 0.4) is 0 Å². The van der Waals surface area contributed by atoms with E-state index in [0.29, 0.717) is 11.6 Å². The highest BCUT2D eigenvalue weighted by atomic mass is 16.3. The molecule has 0 aromatic carbocycles. The number of hydrogen-bond acceptors (Lipinski definition) is 5. The van der Waals surface area contributed by atoms with Crippen molar-refractivity contribution in [3.8, 4) is 5.95 Å². The minimum atomic E-state index is -0.275. The first-order valence-corrected chi connectivity index (χ1v) is 7.75. The van der Waals surface area contributed by atoms with E-state index in [4.69, 9.17) is 4.42 Å². The second-order valence-corrected chi connectivity index (χ2v) is 5.56. The van der Waals surface area contributed by atoms with Crippen LogP contribution in [0.2, 0.25) is 0 Å². The van der Waals surface area contributed by atoms with Crippen LogP contribution < -0.4 is 10.6 Å².